The largest absolute Gasteiger partial charge is 0.496 e. The van der Waals surface area contributed by atoms with Crippen molar-refractivity contribution in [2.24, 2.45) is 0 Å². The highest BCUT2D eigenvalue weighted by atomic mass is 16.5. The fraction of sp³-hybridized carbons (Fsp3) is 0.286. The number of Topliss-reactive ketones (excluding diaryl/α,β-unsaturated/α-hetero) is 1. The van der Waals surface area contributed by atoms with E-state index in [1.807, 2.05) is 13.0 Å². The molecule has 0 unspecified atom stereocenters. The Labute approximate surface area is 111 Å². The monoisotopic (exact) mass is 260 g/mol. The van der Waals surface area contributed by atoms with E-state index in [0.717, 1.165) is 11.1 Å². The first-order chi connectivity index (χ1) is 8.97. The summed E-state index contributed by atoms with van der Waals surface area (Å²) in [6.07, 6.45) is 1.56. The number of carbonyl (C=O) groups excluding carboxylic acids is 2. The summed E-state index contributed by atoms with van der Waals surface area (Å²) in [5.74, 6) is -0.513. The molecule has 0 aliphatic carbocycles. The second-order valence-electron chi connectivity index (χ2n) is 4.57. The van der Waals surface area contributed by atoms with E-state index in [2.05, 4.69) is 4.98 Å². The molecule has 0 aliphatic heterocycles. The lowest BCUT2D eigenvalue weighted by atomic mass is 10.1. The van der Waals surface area contributed by atoms with Gasteiger partial charge in [0.25, 0.3) is 11.7 Å². The average Bonchev–Trinajstić information content (AvgIpc) is 2.83. The molecule has 5 nitrogen and oxygen atoms in total. The second kappa shape index (κ2) is 4.76. The lowest BCUT2D eigenvalue weighted by Gasteiger charge is -2.09. The molecule has 0 spiro atoms. The molecule has 0 atom stereocenters. The maximum Gasteiger partial charge on any atom is 0.294 e. The van der Waals surface area contributed by atoms with Crippen molar-refractivity contribution in [1.82, 2.24) is 9.88 Å². The number of methoxy groups -OCH3 is 1. The quantitative estimate of drug-likeness (QED) is 0.675. The van der Waals surface area contributed by atoms with Crippen LogP contribution in [0.3, 0.4) is 0 Å². The van der Waals surface area contributed by atoms with Crippen molar-refractivity contribution in [2.75, 3.05) is 21.2 Å². The van der Waals surface area contributed by atoms with E-state index in [-0.39, 0.29) is 0 Å². The lowest BCUT2D eigenvalue weighted by molar-refractivity contribution is -0.124. The zero-order valence-electron chi connectivity index (χ0n) is 11.4. The number of ketones is 1. The Morgan fingerprint density at radius 3 is 2.53 bits per heavy atom. The highest BCUT2D eigenvalue weighted by Crippen LogP contribution is 2.31. The van der Waals surface area contributed by atoms with Crippen LogP contribution in [0.2, 0.25) is 0 Å². The summed E-state index contributed by atoms with van der Waals surface area (Å²) in [6, 6.07) is 3.70. The Hall–Kier alpha value is -2.30. The molecule has 0 fully saturated rings. The van der Waals surface area contributed by atoms with E-state index < -0.39 is 11.7 Å². The number of H-pyrrole nitrogens is 1. The Morgan fingerprint density at radius 2 is 1.95 bits per heavy atom. The molecule has 0 bridgehead atoms. The summed E-state index contributed by atoms with van der Waals surface area (Å²) in [6.45, 7) is 1.93. The third-order valence-electron chi connectivity index (χ3n) is 3.07. The molecule has 1 amide bonds. The first kappa shape index (κ1) is 13.1. The molecule has 2 rings (SSSR count). The summed E-state index contributed by atoms with van der Waals surface area (Å²) in [5, 5.41) is 0.655. The predicted octanol–water partition coefficient (Wildman–Crippen LogP) is 1.76. The van der Waals surface area contributed by atoms with E-state index in [1.54, 1.807) is 33.5 Å². The number of nitrogens with zero attached hydrogens (tertiary/aromatic N) is 1. The number of rotatable bonds is 3. The molecule has 100 valence electrons. The van der Waals surface area contributed by atoms with Gasteiger partial charge in [0, 0.05) is 20.3 Å². The van der Waals surface area contributed by atoms with Crippen LogP contribution >= 0.6 is 0 Å². The zero-order chi connectivity index (χ0) is 14.2. The number of aromatic nitrogens is 1. The lowest BCUT2D eigenvalue weighted by Crippen LogP contribution is -2.29. The molecular weight excluding hydrogens is 244 g/mol. The average molecular weight is 260 g/mol. The Kier molecular flexibility index (Phi) is 3.29. The van der Waals surface area contributed by atoms with Crippen LogP contribution in [0.15, 0.2) is 18.3 Å². The second-order valence-corrected chi connectivity index (χ2v) is 4.57. The SMILES string of the molecule is COc1ccc(C)c2[nH]cc(C(=O)C(=O)N(C)C)c12. The van der Waals surface area contributed by atoms with Gasteiger partial charge in [0.2, 0.25) is 0 Å². The van der Waals surface area contributed by atoms with Crippen LogP contribution < -0.4 is 4.74 Å². The molecule has 0 radical (unpaired) electrons. The van der Waals surface area contributed by atoms with E-state index in [0.29, 0.717) is 16.7 Å². The summed E-state index contributed by atoms with van der Waals surface area (Å²) < 4.78 is 5.27. The fourth-order valence-corrected chi connectivity index (χ4v) is 2.03. The van der Waals surface area contributed by atoms with Gasteiger partial charge < -0.3 is 14.6 Å². The topological polar surface area (TPSA) is 62.4 Å². The van der Waals surface area contributed by atoms with Crippen molar-refractivity contribution in [2.45, 2.75) is 6.92 Å². The standard InChI is InChI=1S/C14H16N2O3/c1-8-5-6-10(19-4)11-9(7-15-12(8)11)13(17)14(18)16(2)3/h5-7,15H,1-4H3. The first-order valence-corrected chi connectivity index (χ1v) is 5.88. The molecule has 19 heavy (non-hydrogen) atoms. The van der Waals surface area contributed by atoms with Crippen molar-refractivity contribution < 1.29 is 14.3 Å². The van der Waals surface area contributed by atoms with Crippen molar-refractivity contribution in [1.29, 1.82) is 0 Å². The maximum absolute atomic E-state index is 12.2. The number of carbonyl (C=O) groups is 2. The van der Waals surface area contributed by atoms with Crippen LogP contribution in [0, 0.1) is 6.92 Å². The molecule has 5 heteroatoms. The predicted molar refractivity (Wildman–Crippen MR) is 72.6 cm³/mol. The Bertz CT molecular complexity index is 656. The van der Waals surface area contributed by atoms with Gasteiger partial charge in [-0.25, -0.2) is 0 Å². The third kappa shape index (κ3) is 2.07. The number of hydrogen-bond donors (Lipinski definition) is 1. The number of benzene rings is 1. The van der Waals surface area contributed by atoms with Crippen LogP contribution in [0.25, 0.3) is 10.9 Å². The van der Waals surface area contributed by atoms with Crippen molar-refractivity contribution in [3.8, 4) is 5.75 Å². The van der Waals surface area contributed by atoms with Crippen molar-refractivity contribution in [3.63, 3.8) is 0 Å². The van der Waals surface area contributed by atoms with Crippen molar-refractivity contribution >= 4 is 22.6 Å². The van der Waals surface area contributed by atoms with E-state index in [1.165, 1.54) is 4.90 Å². The number of ether oxygens (including phenoxy) is 1. The summed E-state index contributed by atoms with van der Waals surface area (Å²) in [4.78, 5) is 28.3. The zero-order valence-corrected chi connectivity index (χ0v) is 11.4. The number of aryl methyl sites for hydroxylation is 1. The number of hydrogen-bond acceptors (Lipinski definition) is 3. The molecule has 1 N–H and O–H groups in total. The van der Waals surface area contributed by atoms with Crippen molar-refractivity contribution in [3.05, 3.63) is 29.5 Å². The van der Waals surface area contributed by atoms with Crippen LogP contribution in [0.1, 0.15) is 15.9 Å². The molecule has 0 saturated heterocycles. The minimum atomic E-state index is -0.551. The van der Waals surface area contributed by atoms with Crippen LogP contribution in [0.4, 0.5) is 0 Å². The molecule has 1 aromatic carbocycles. The van der Waals surface area contributed by atoms with Gasteiger partial charge >= 0.3 is 0 Å². The molecule has 2 aromatic rings. The summed E-state index contributed by atoms with van der Waals surface area (Å²) in [7, 11) is 4.65. The highest BCUT2D eigenvalue weighted by Gasteiger charge is 2.23. The van der Waals surface area contributed by atoms with Gasteiger partial charge in [0.05, 0.1) is 23.6 Å². The molecule has 1 aromatic heterocycles. The molecular formula is C14H16N2O3. The molecule has 1 heterocycles. The number of aromatic amines is 1. The number of fused-ring (bicyclic) bond motifs is 1. The van der Waals surface area contributed by atoms with Crippen LogP contribution in [0.5, 0.6) is 5.75 Å². The van der Waals surface area contributed by atoms with Gasteiger partial charge in [0.1, 0.15) is 5.75 Å². The summed E-state index contributed by atoms with van der Waals surface area (Å²) in [5.41, 5.74) is 2.15. The van der Waals surface area contributed by atoms with Gasteiger partial charge in [-0.15, -0.1) is 0 Å². The van der Waals surface area contributed by atoms with Gasteiger partial charge in [-0.3, -0.25) is 9.59 Å². The Morgan fingerprint density at radius 1 is 1.26 bits per heavy atom. The fourth-order valence-electron chi connectivity index (χ4n) is 2.03. The van der Waals surface area contributed by atoms with E-state index >= 15 is 0 Å². The number of amides is 1. The molecule has 0 aliphatic rings. The summed E-state index contributed by atoms with van der Waals surface area (Å²) >= 11 is 0. The van der Waals surface area contributed by atoms with Gasteiger partial charge in [-0.05, 0) is 18.6 Å². The first-order valence-electron chi connectivity index (χ1n) is 5.88. The highest BCUT2D eigenvalue weighted by molar-refractivity contribution is 6.45. The van der Waals surface area contributed by atoms with E-state index in [4.69, 9.17) is 4.74 Å². The Balaban J connectivity index is 2.65. The van der Waals surface area contributed by atoms with Gasteiger partial charge in [-0.1, -0.05) is 6.07 Å². The third-order valence-corrected chi connectivity index (χ3v) is 3.07. The van der Waals surface area contributed by atoms with Gasteiger partial charge in [-0.2, -0.15) is 0 Å². The van der Waals surface area contributed by atoms with Crippen LogP contribution in [-0.2, 0) is 4.79 Å². The number of nitrogens with one attached hydrogen (secondary N) is 1. The van der Waals surface area contributed by atoms with E-state index in [9.17, 15) is 9.59 Å². The minimum Gasteiger partial charge on any atom is -0.496 e. The van der Waals surface area contributed by atoms with Gasteiger partial charge in [0.15, 0.2) is 0 Å². The smallest absolute Gasteiger partial charge is 0.294 e. The maximum atomic E-state index is 12.2. The minimum absolute atomic E-state index is 0.342. The van der Waals surface area contributed by atoms with Crippen LogP contribution in [-0.4, -0.2) is 42.8 Å². The molecule has 0 saturated carbocycles. The number of likely N-dealkylation sites (N-methyl/N-ethyl adjacent to an activating group) is 1. The normalized spacial score (nSPS) is 10.5.